The Hall–Kier alpha value is -1.47. The summed E-state index contributed by atoms with van der Waals surface area (Å²) in [5.74, 6) is -0.891. The molecule has 1 atom stereocenters. The van der Waals surface area contributed by atoms with Gasteiger partial charge in [-0.1, -0.05) is 6.07 Å². The molecule has 0 bridgehead atoms. The lowest BCUT2D eigenvalue weighted by atomic mass is 10.2. The summed E-state index contributed by atoms with van der Waals surface area (Å²) in [4.78, 5) is -0.113. The second kappa shape index (κ2) is 5.03. The van der Waals surface area contributed by atoms with Crippen molar-refractivity contribution in [1.82, 2.24) is 4.31 Å². The number of aryl methyl sites for hydroxylation is 1. The highest BCUT2D eigenvalue weighted by Gasteiger charge is 2.28. The van der Waals surface area contributed by atoms with E-state index >= 15 is 0 Å². The number of hydrogen-bond acceptors (Lipinski definition) is 3. The molecule has 0 heterocycles. The van der Waals surface area contributed by atoms with Gasteiger partial charge in [-0.3, -0.25) is 5.41 Å². The van der Waals surface area contributed by atoms with Gasteiger partial charge in [0.05, 0.1) is 10.9 Å². The minimum atomic E-state index is -3.86. The van der Waals surface area contributed by atoms with Gasteiger partial charge in [-0.05, 0) is 31.5 Å². The van der Waals surface area contributed by atoms with E-state index in [1.54, 1.807) is 6.92 Å². The number of nitrogens with two attached hydrogens (primary N) is 1. The smallest absolute Gasteiger partial charge is 0.243 e. The third kappa shape index (κ3) is 2.68. The summed E-state index contributed by atoms with van der Waals surface area (Å²) in [7, 11) is -2.55. The predicted molar refractivity (Wildman–Crippen MR) is 67.5 cm³/mol. The largest absolute Gasteiger partial charge is 0.386 e. The Bertz CT molecular complexity index is 572. The highest BCUT2D eigenvalue weighted by Crippen LogP contribution is 2.21. The molecule has 1 rings (SSSR count). The van der Waals surface area contributed by atoms with Crippen LogP contribution in [0.4, 0.5) is 4.39 Å². The molecule has 0 aliphatic heterocycles. The van der Waals surface area contributed by atoms with Gasteiger partial charge >= 0.3 is 0 Å². The van der Waals surface area contributed by atoms with Crippen molar-refractivity contribution >= 4 is 15.9 Å². The molecule has 0 saturated heterocycles. The number of hydrogen-bond donors (Lipinski definition) is 2. The maximum absolute atomic E-state index is 13.2. The average Bonchev–Trinajstić information content (AvgIpc) is 2.29. The molecule has 3 N–H and O–H groups in total. The van der Waals surface area contributed by atoms with Crippen molar-refractivity contribution in [2.24, 2.45) is 5.73 Å². The first-order valence-electron chi connectivity index (χ1n) is 5.26. The molecule has 7 heteroatoms. The zero-order valence-corrected chi connectivity index (χ0v) is 11.3. The van der Waals surface area contributed by atoms with Crippen molar-refractivity contribution in [2.75, 3.05) is 7.05 Å². The van der Waals surface area contributed by atoms with Crippen molar-refractivity contribution < 1.29 is 12.8 Å². The van der Waals surface area contributed by atoms with Crippen LogP contribution in [0.5, 0.6) is 0 Å². The van der Waals surface area contributed by atoms with Gasteiger partial charge in [-0.2, -0.15) is 4.31 Å². The lowest BCUT2D eigenvalue weighted by Gasteiger charge is -2.24. The van der Waals surface area contributed by atoms with Gasteiger partial charge in [0.15, 0.2) is 0 Å². The average molecular weight is 273 g/mol. The maximum Gasteiger partial charge on any atom is 0.243 e. The molecule has 1 aromatic carbocycles. The Kier molecular flexibility index (Phi) is 4.08. The van der Waals surface area contributed by atoms with Crippen LogP contribution >= 0.6 is 0 Å². The highest BCUT2D eigenvalue weighted by molar-refractivity contribution is 7.89. The van der Waals surface area contributed by atoms with Crippen LogP contribution in [0.1, 0.15) is 12.5 Å². The van der Waals surface area contributed by atoms with E-state index < -0.39 is 21.9 Å². The summed E-state index contributed by atoms with van der Waals surface area (Å²) in [6.45, 7) is 3.08. The SMILES string of the molecule is Cc1ccc(F)cc1S(=O)(=O)N(C)C(C)C(=N)N. The maximum atomic E-state index is 13.2. The fourth-order valence-electron chi connectivity index (χ4n) is 1.41. The molecule has 0 amide bonds. The molecule has 0 fully saturated rings. The molecule has 1 aromatic rings. The Morgan fingerprint density at radius 3 is 2.56 bits per heavy atom. The molecule has 0 spiro atoms. The van der Waals surface area contributed by atoms with Crippen molar-refractivity contribution in [3.05, 3.63) is 29.6 Å². The van der Waals surface area contributed by atoms with E-state index in [0.29, 0.717) is 5.56 Å². The lowest BCUT2D eigenvalue weighted by molar-refractivity contribution is 0.447. The Morgan fingerprint density at radius 2 is 2.06 bits per heavy atom. The quantitative estimate of drug-likeness (QED) is 0.635. The molecule has 1 unspecified atom stereocenters. The van der Waals surface area contributed by atoms with Crippen LogP contribution in [0, 0.1) is 18.2 Å². The van der Waals surface area contributed by atoms with Crippen LogP contribution in [0.2, 0.25) is 0 Å². The van der Waals surface area contributed by atoms with E-state index in [9.17, 15) is 12.8 Å². The molecule has 0 aliphatic carbocycles. The first kappa shape index (κ1) is 14.6. The van der Waals surface area contributed by atoms with E-state index in [2.05, 4.69) is 0 Å². The minimum absolute atomic E-state index is 0.113. The van der Waals surface area contributed by atoms with Crippen LogP contribution in [-0.2, 0) is 10.0 Å². The third-order valence-corrected chi connectivity index (χ3v) is 4.87. The number of likely N-dealkylation sites (N-methyl/N-ethyl adjacent to an activating group) is 1. The number of amidine groups is 1. The summed E-state index contributed by atoms with van der Waals surface area (Å²) in [6.07, 6.45) is 0. The van der Waals surface area contributed by atoms with Gasteiger partial charge in [0.25, 0.3) is 0 Å². The second-order valence-electron chi connectivity index (χ2n) is 4.06. The van der Waals surface area contributed by atoms with Crippen LogP contribution in [0.3, 0.4) is 0 Å². The first-order chi connectivity index (χ1) is 8.17. The van der Waals surface area contributed by atoms with Crippen molar-refractivity contribution in [3.63, 3.8) is 0 Å². The van der Waals surface area contributed by atoms with Crippen molar-refractivity contribution in [1.29, 1.82) is 5.41 Å². The zero-order valence-electron chi connectivity index (χ0n) is 10.4. The Balaban J connectivity index is 3.29. The van der Waals surface area contributed by atoms with Gasteiger partial charge in [-0.15, -0.1) is 0 Å². The summed E-state index contributed by atoms with van der Waals surface area (Å²) in [5.41, 5.74) is 5.73. The first-order valence-corrected chi connectivity index (χ1v) is 6.70. The van der Waals surface area contributed by atoms with E-state index in [-0.39, 0.29) is 10.7 Å². The van der Waals surface area contributed by atoms with Gasteiger partial charge in [0.1, 0.15) is 11.7 Å². The van der Waals surface area contributed by atoms with Crippen LogP contribution in [-0.4, -0.2) is 31.6 Å². The van der Waals surface area contributed by atoms with Gasteiger partial charge in [0.2, 0.25) is 10.0 Å². The summed E-state index contributed by atoms with van der Waals surface area (Å²) in [5, 5.41) is 7.27. The van der Waals surface area contributed by atoms with E-state index in [1.165, 1.54) is 26.1 Å². The van der Waals surface area contributed by atoms with E-state index in [1.807, 2.05) is 0 Å². The number of sulfonamides is 1. The molecular weight excluding hydrogens is 257 g/mol. The van der Waals surface area contributed by atoms with Crippen LogP contribution in [0.25, 0.3) is 0 Å². The van der Waals surface area contributed by atoms with Gasteiger partial charge in [-0.25, -0.2) is 12.8 Å². The van der Waals surface area contributed by atoms with Gasteiger partial charge < -0.3 is 5.73 Å². The van der Waals surface area contributed by atoms with E-state index in [0.717, 1.165) is 10.4 Å². The summed E-state index contributed by atoms with van der Waals surface area (Å²) >= 11 is 0. The molecule has 100 valence electrons. The molecular formula is C11H16FN3O2S. The topological polar surface area (TPSA) is 87.2 Å². The predicted octanol–water partition coefficient (Wildman–Crippen LogP) is 1.08. The third-order valence-electron chi connectivity index (χ3n) is 2.80. The van der Waals surface area contributed by atoms with Gasteiger partial charge in [0, 0.05) is 7.05 Å². The molecule has 0 saturated carbocycles. The number of rotatable bonds is 4. The zero-order chi connectivity index (χ0) is 14.1. The molecule has 0 aromatic heterocycles. The Labute approximate surface area is 106 Å². The Morgan fingerprint density at radius 1 is 1.50 bits per heavy atom. The minimum Gasteiger partial charge on any atom is -0.386 e. The standard InChI is InChI=1S/C11H16FN3O2S/c1-7-4-5-9(12)6-10(7)18(16,17)15(3)8(2)11(13)14/h4-6,8H,1-3H3,(H3,13,14). The molecule has 0 aliphatic rings. The molecule has 5 nitrogen and oxygen atoms in total. The molecule has 18 heavy (non-hydrogen) atoms. The van der Waals surface area contributed by atoms with Crippen LogP contribution in [0.15, 0.2) is 23.1 Å². The normalized spacial score (nSPS) is 13.6. The molecule has 0 radical (unpaired) electrons. The number of nitrogens with zero attached hydrogens (tertiary/aromatic N) is 1. The van der Waals surface area contributed by atoms with Crippen molar-refractivity contribution in [3.8, 4) is 0 Å². The fourth-order valence-corrected chi connectivity index (χ4v) is 2.99. The summed E-state index contributed by atoms with van der Waals surface area (Å²) < 4.78 is 38.6. The number of nitrogens with one attached hydrogen (secondary N) is 1. The summed E-state index contributed by atoms with van der Waals surface area (Å²) in [6, 6.07) is 2.78. The second-order valence-corrected chi connectivity index (χ2v) is 6.03. The van der Waals surface area contributed by atoms with Crippen molar-refractivity contribution in [2.45, 2.75) is 24.8 Å². The van der Waals surface area contributed by atoms with Crippen LogP contribution < -0.4 is 5.73 Å². The van der Waals surface area contributed by atoms with E-state index in [4.69, 9.17) is 11.1 Å². The lowest BCUT2D eigenvalue weighted by Crippen LogP contribution is -2.43. The monoisotopic (exact) mass is 273 g/mol. The fraction of sp³-hybridized carbons (Fsp3) is 0.364. The number of halogens is 1. The number of benzene rings is 1. The highest BCUT2D eigenvalue weighted by atomic mass is 32.2.